The van der Waals surface area contributed by atoms with Gasteiger partial charge < -0.3 is 10.2 Å². The third kappa shape index (κ3) is 2.69. The van der Waals surface area contributed by atoms with Crippen LogP contribution in [0, 0.1) is 0 Å². The van der Waals surface area contributed by atoms with Gasteiger partial charge in [-0.05, 0) is 25.7 Å². The highest BCUT2D eigenvalue weighted by atomic mass is 32.1. The minimum Gasteiger partial charge on any atom is -0.348 e. The topological polar surface area (TPSA) is 28.2 Å². The molecule has 0 aromatic carbocycles. The van der Waals surface area contributed by atoms with Gasteiger partial charge in [0.2, 0.25) is 0 Å². The zero-order chi connectivity index (χ0) is 12.7. The Balaban J connectivity index is 1.76. The Bertz CT molecular complexity index is 419. The second kappa shape index (κ2) is 4.82. The highest BCUT2D eigenvalue weighted by Crippen LogP contribution is 2.45. The Morgan fingerprint density at radius 3 is 2.61 bits per heavy atom. The molecule has 1 aromatic rings. The summed E-state index contributed by atoms with van der Waals surface area (Å²) in [6, 6.07) is 1.30. The number of anilines is 1. The standard InChI is InChI=1S/C14H23N3S/c1-9(2)15-8-12-13(10-4-5-10)16-14(18-12)17(3)11-6-7-11/h9-11,15H,4-8H2,1-3H3. The number of nitrogens with one attached hydrogen (secondary N) is 1. The Hall–Kier alpha value is -0.610. The van der Waals surface area contributed by atoms with E-state index in [9.17, 15) is 0 Å². The van der Waals surface area contributed by atoms with Crippen LogP contribution in [-0.4, -0.2) is 24.1 Å². The van der Waals surface area contributed by atoms with Crippen molar-refractivity contribution in [2.75, 3.05) is 11.9 Å². The molecular weight excluding hydrogens is 242 g/mol. The SMILES string of the molecule is CC(C)NCc1sc(N(C)C2CC2)nc1C1CC1. The molecule has 0 bridgehead atoms. The molecule has 0 radical (unpaired) electrons. The molecule has 1 heterocycles. The monoisotopic (exact) mass is 265 g/mol. The minimum atomic E-state index is 0.545. The summed E-state index contributed by atoms with van der Waals surface area (Å²) in [6.45, 7) is 5.39. The van der Waals surface area contributed by atoms with E-state index in [0.717, 1.165) is 18.5 Å². The molecule has 0 saturated heterocycles. The number of nitrogens with zero attached hydrogens (tertiary/aromatic N) is 2. The fraction of sp³-hybridized carbons (Fsp3) is 0.786. The first-order valence-electron chi connectivity index (χ1n) is 7.11. The van der Waals surface area contributed by atoms with Gasteiger partial charge in [0.15, 0.2) is 5.13 Å². The average molecular weight is 265 g/mol. The van der Waals surface area contributed by atoms with Gasteiger partial charge in [0.1, 0.15) is 0 Å². The van der Waals surface area contributed by atoms with E-state index in [1.54, 1.807) is 0 Å². The van der Waals surface area contributed by atoms with E-state index in [1.807, 2.05) is 11.3 Å². The molecule has 1 N–H and O–H groups in total. The summed E-state index contributed by atoms with van der Waals surface area (Å²) in [5.41, 5.74) is 1.38. The zero-order valence-corrected chi connectivity index (χ0v) is 12.4. The number of thiazole rings is 1. The molecule has 3 nitrogen and oxygen atoms in total. The van der Waals surface area contributed by atoms with Crippen LogP contribution in [0.15, 0.2) is 0 Å². The first-order valence-corrected chi connectivity index (χ1v) is 7.92. The normalized spacial score (nSPS) is 19.6. The summed E-state index contributed by atoms with van der Waals surface area (Å²) < 4.78 is 0. The van der Waals surface area contributed by atoms with Gasteiger partial charge in [-0.1, -0.05) is 13.8 Å². The maximum absolute atomic E-state index is 4.92. The van der Waals surface area contributed by atoms with E-state index in [4.69, 9.17) is 4.98 Å². The van der Waals surface area contributed by atoms with Crippen LogP contribution in [0.4, 0.5) is 5.13 Å². The lowest BCUT2D eigenvalue weighted by Gasteiger charge is -2.13. The summed E-state index contributed by atoms with van der Waals surface area (Å²) in [5, 5.41) is 4.77. The number of rotatable bonds is 6. The molecule has 1 aromatic heterocycles. The van der Waals surface area contributed by atoms with Crippen LogP contribution in [0.2, 0.25) is 0 Å². The Labute approximate surface area is 114 Å². The predicted octanol–water partition coefficient (Wildman–Crippen LogP) is 3.12. The maximum atomic E-state index is 4.92. The van der Waals surface area contributed by atoms with Gasteiger partial charge in [-0.3, -0.25) is 0 Å². The van der Waals surface area contributed by atoms with Crippen molar-refractivity contribution < 1.29 is 0 Å². The van der Waals surface area contributed by atoms with Crippen molar-refractivity contribution in [1.29, 1.82) is 0 Å². The lowest BCUT2D eigenvalue weighted by Crippen LogP contribution is -2.21. The van der Waals surface area contributed by atoms with Crippen molar-refractivity contribution in [3.05, 3.63) is 10.6 Å². The van der Waals surface area contributed by atoms with E-state index in [0.29, 0.717) is 6.04 Å². The Kier molecular flexibility index (Phi) is 3.32. The summed E-state index contributed by atoms with van der Waals surface area (Å²) in [4.78, 5) is 8.77. The molecular formula is C14H23N3S. The van der Waals surface area contributed by atoms with Crippen molar-refractivity contribution in [2.45, 2.75) is 64.1 Å². The largest absolute Gasteiger partial charge is 0.348 e. The summed E-state index contributed by atoms with van der Waals surface area (Å²) in [6.07, 6.45) is 5.36. The van der Waals surface area contributed by atoms with Gasteiger partial charge in [0, 0.05) is 36.5 Å². The third-order valence-corrected chi connectivity index (χ3v) is 4.91. The van der Waals surface area contributed by atoms with E-state index in [1.165, 1.54) is 41.4 Å². The molecule has 18 heavy (non-hydrogen) atoms. The van der Waals surface area contributed by atoms with Crippen LogP contribution < -0.4 is 10.2 Å². The Morgan fingerprint density at radius 1 is 1.33 bits per heavy atom. The van der Waals surface area contributed by atoms with E-state index in [-0.39, 0.29) is 0 Å². The van der Waals surface area contributed by atoms with E-state index >= 15 is 0 Å². The molecule has 100 valence electrons. The van der Waals surface area contributed by atoms with Gasteiger partial charge >= 0.3 is 0 Å². The molecule has 0 aliphatic heterocycles. The highest BCUT2D eigenvalue weighted by molar-refractivity contribution is 7.15. The fourth-order valence-corrected chi connectivity index (χ4v) is 3.35. The molecule has 0 amide bonds. The van der Waals surface area contributed by atoms with Gasteiger partial charge in [0.05, 0.1) is 5.69 Å². The molecule has 0 unspecified atom stereocenters. The molecule has 4 heteroatoms. The molecule has 2 aliphatic rings. The quantitative estimate of drug-likeness (QED) is 0.856. The van der Waals surface area contributed by atoms with Gasteiger partial charge in [-0.15, -0.1) is 11.3 Å². The van der Waals surface area contributed by atoms with Gasteiger partial charge in [0.25, 0.3) is 0 Å². The molecule has 0 atom stereocenters. The van der Waals surface area contributed by atoms with Gasteiger partial charge in [-0.25, -0.2) is 4.98 Å². The zero-order valence-electron chi connectivity index (χ0n) is 11.6. The first-order chi connectivity index (χ1) is 8.65. The predicted molar refractivity (Wildman–Crippen MR) is 77.5 cm³/mol. The molecule has 0 spiro atoms. The Morgan fingerprint density at radius 2 is 2.06 bits per heavy atom. The van der Waals surface area contributed by atoms with Crippen molar-refractivity contribution in [2.24, 2.45) is 0 Å². The van der Waals surface area contributed by atoms with Crippen LogP contribution in [0.25, 0.3) is 0 Å². The summed E-state index contributed by atoms with van der Waals surface area (Å²) in [5.74, 6) is 0.756. The second-order valence-electron chi connectivity index (χ2n) is 5.96. The molecule has 3 rings (SSSR count). The van der Waals surface area contributed by atoms with Crippen molar-refractivity contribution >= 4 is 16.5 Å². The van der Waals surface area contributed by atoms with Crippen LogP contribution in [0.3, 0.4) is 0 Å². The molecule has 2 saturated carbocycles. The van der Waals surface area contributed by atoms with Gasteiger partial charge in [-0.2, -0.15) is 0 Å². The number of hydrogen-bond donors (Lipinski definition) is 1. The van der Waals surface area contributed by atoms with Crippen LogP contribution in [-0.2, 0) is 6.54 Å². The smallest absolute Gasteiger partial charge is 0.185 e. The summed E-state index contributed by atoms with van der Waals surface area (Å²) >= 11 is 1.90. The highest BCUT2D eigenvalue weighted by Gasteiger charge is 2.33. The first kappa shape index (κ1) is 12.4. The van der Waals surface area contributed by atoms with Crippen molar-refractivity contribution in [3.8, 4) is 0 Å². The lowest BCUT2D eigenvalue weighted by atomic mass is 10.2. The number of hydrogen-bond acceptors (Lipinski definition) is 4. The van der Waals surface area contributed by atoms with Crippen molar-refractivity contribution in [3.63, 3.8) is 0 Å². The van der Waals surface area contributed by atoms with Crippen LogP contribution in [0.5, 0.6) is 0 Å². The molecule has 2 aliphatic carbocycles. The minimum absolute atomic E-state index is 0.545. The molecule has 2 fully saturated rings. The average Bonchev–Trinajstić information content (AvgIpc) is 3.21. The van der Waals surface area contributed by atoms with E-state index in [2.05, 4.69) is 31.1 Å². The third-order valence-electron chi connectivity index (χ3n) is 3.75. The second-order valence-corrected chi connectivity index (χ2v) is 7.02. The lowest BCUT2D eigenvalue weighted by molar-refractivity contribution is 0.590. The van der Waals surface area contributed by atoms with Crippen molar-refractivity contribution in [1.82, 2.24) is 10.3 Å². The van der Waals surface area contributed by atoms with Crippen LogP contribution in [0.1, 0.15) is 56.0 Å². The van der Waals surface area contributed by atoms with E-state index < -0.39 is 0 Å². The maximum Gasteiger partial charge on any atom is 0.185 e. The number of aromatic nitrogens is 1. The van der Waals surface area contributed by atoms with Crippen LogP contribution >= 0.6 is 11.3 Å². The summed E-state index contributed by atoms with van der Waals surface area (Å²) in [7, 11) is 2.20. The fourth-order valence-electron chi connectivity index (χ4n) is 2.22.